The van der Waals surface area contributed by atoms with Crippen molar-refractivity contribution in [3.05, 3.63) is 72.1 Å². The molecule has 1 heterocycles. The number of nitrogens with zero attached hydrogens (tertiary/aromatic N) is 2. The third kappa shape index (κ3) is 4.23. The SMILES string of the molecule is CCc1ccc(S(=O)(=O)Nc2cnn(Cc3cccc(OC)c3)c2)cc1. The molecule has 0 bridgehead atoms. The molecule has 0 fully saturated rings. The minimum absolute atomic E-state index is 0.232. The van der Waals surface area contributed by atoms with Crippen LogP contribution in [0.15, 0.2) is 65.8 Å². The van der Waals surface area contributed by atoms with Gasteiger partial charge in [-0.2, -0.15) is 5.10 Å². The van der Waals surface area contributed by atoms with Crippen LogP contribution in [0.4, 0.5) is 5.69 Å². The van der Waals surface area contributed by atoms with E-state index < -0.39 is 10.0 Å². The molecule has 26 heavy (non-hydrogen) atoms. The predicted molar refractivity (Wildman–Crippen MR) is 101 cm³/mol. The lowest BCUT2D eigenvalue weighted by atomic mass is 10.2. The van der Waals surface area contributed by atoms with E-state index in [9.17, 15) is 8.42 Å². The Morgan fingerprint density at radius 2 is 1.88 bits per heavy atom. The molecule has 0 aliphatic carbocycles. The summed E-state index contributed by atoms with van der Waals surface area (Å²) in [5.74, 6) is 0.770. The van der Waals surface area contributed by atoms with Crippen molar-refractivity contribution in [1.29, 1.82) is 0 Å². The van der Waals surface area contributed by atoms with E-state index in [1.54, 1.807) is 30.1 Å². The molecule has 1 aromatic heterocycles. The Hall–Kier alpha value is -2.80. The maximum Gasteiger partial charge on any atom is 0.261 e. The van der Waals surface area contributed by atoms with E-state index in [0.717, 1.165) is 23.3 Å². The first-order valence-corrected chi connectivity index (χ1v) is 9.75. The number of hydrogen-bond acceptors (Lipinski definition) is 4. The van der Waals surface area contributed by atoms with Gasteiger partial charge in [0.15, 0.2) is 0 Å². The highest BCUT2D eigenvalue weighted by atomic mass is 32.2. The van der Waals surface area contributed by atoms with E-state index >= 15 is 0 Å². The molecule has 7 heteroatoms. The van der Waals surface area contributed by atoms with Crippen LogP contribution in [0.25, 0.3) is 0 Å². The first-order chi connectivity index (χ1) is 12.5. The predicted octanol–water partition coefficient (Wildman–Crippen LogP) is 3.30. The quantitative estimate of drug-likeness (QED) is 0.692. The van der Waals surface area contributed by atoms with Crippen molar-refractivity contribution in [2.75, 3.05) is 11.8 Å². The Kier molecular flexibility index (Phi) is 5.27. The number of nitrogens with one attached hydrogen (secondary N) is 1. The maximum atomic E-state index is 12.5. The minimum atomic E-state index is -3.63. The molecule has 0 radical (unpaired) electrons. The van der Waals surface area contributed by atoms with Crippen molar-refractivity contribution in [3.8, 4) is 5.75 Å². The number of sulfonamides is 1. The summed E-state index contributed by atoms with van der Waals surface area (Å²) >= 11 is 0. The topological polar surface area (TPSA) is 73.2 Å². The summed E-state index contributed by atoms with van der Waals surface area (Å²) in [5, 5.41) is 4.22. The molecule has 0 aliphatic heterocycles. The van der Waals surface area contributed by atoms with E-state index in [2.05, 4.69) is 9.82 Å². The lowest BCUT2D eigenvalue weighted by Crippen LogP contribution is -2.12. The van der Waals surface area contributed by atoms with Crippen molar-refractivity contribution in [1.82, 2.24) is 9.78 Å². The van der Waals surface area contributed by atoms with Crippen LogP contribution in [0.2, 0.25) is 0 Å². The van der Waals surface area contributed by atoms with Gasteiger partial charge in [0.05, 0.1) is 30.4 Å². The van der Waals surface area contributed by atoms with Crippen molar-refractivity contribution in [3.63, 3.8) is 0 Å². The van der Waals surface area contributed by atoms with Gasteiger partial charge in [-0.25, -0.2) is 8.42 Å². The van der Waals surface area contributed by atoms with E-state index in [-0.39, 0.29) is 4.90 Å². The van der Waals surface area contributed by atoms with Gasteiger partial charge in [-0.1, -0.05) is 31.2 Å². The molecule has 136 valence electrons. The standard InChI is InChI=1S/C19H21N3O3S/c1-3-15-7-9-19(10-8-15)26(23,24)21-17-12-20-22(14-17)13-16-5-4-6-18(11-16)25-2/h4-12,14,21H,3,13H2,1-2H3. The highest BCUT2D eigenvalue weighted by Crippen LogP contribution is 2.18. The average Bonchev–Trinajstić information content (AvgIpc) is 3.08. The molecule has 0 saturated heterocycles. The third-order valence-electron chi connectivity index (χ3n) is 4.01. The van der Waals surface area contributed by atoms with E-state index in [0.29, 0.717) is 12.2 Å². The van der Waals surface area contributed by atoms with Gasteiger partial charge < -0.3 is 4.74 Å². The van der Waals surface area contributed by atoms with E-state index in [1.807, 2.05) is 43.3 Å². The van der Waals surface area contributed by atoms with Gasteiger partial charge in [-0.3, -0.25) is 9.40 Å². The summed E-state index contributed by atoms with van der Waals surface area (Å²) in [6.07, 6.45) is 4.03. The lowest BCUT2D eigenvalue weighted by Gasteiger charge is -2.07. The molecule has 0 aliphatic rings. The fraction of sp³-hybridized carbons (Fsp3) is 0.211. The summed E-state index contributed by atoms with van der Waals surface area (Å²) in [7, 11) is -2.01. The molecule has 0 spiro atoms. The summed E-state index contributed by atoms with van der Waals surface area (Å²) < 4.78 is 34.4. The molecular formula is C19H21N3O3S. The number of benzene rings is 2. The maximum absolute atomic E-state index is 12.5. The van der Waals surface area contributed by atoms with Crippen LogP contribution in [0, 0.1) is 0 Å². The highest BCUT2D eigenvalue weighted by Gasteiger charge is 2.15. The van der Waals surface area contributed by atoms with Crippen LogP contribution in [-0.4, -0.2) is 25.3 Å². The number of aryl methyl sites for hydroxylation is 1. The van der Waals surface area contributed by atoms with Crippen LogP contribution in [0.3, 0.4) is 0 Å². The van der Waals surface area contributed by atoms with Crippen LogP contribution >= 0.6 is 0 Å². The molecule has 0 atom stereocenters. The second-order valence-corrected chi connectivity index (χ2v) is 7.56. The zero-order chi connectivity index (χ0) is 18.6. The molecule has 0 saturated carbocycles. The molecule has 6 nitrogen and oxygen atoms in total. The van der Waals surface area contributed by atoms with Crippen molar-refractivity contribution in [2.24, 2.45) is 0 Å². The van der Waals surface area contributed by atoms with E-state index in [4.69, 9.17) is 4.74 Å². The minimum Gasteiger partial charge on any atom is -0.497 e. The molecule has 3 aromatic rings. The Bertz CT molecular complexity index is 979. The zero-order valence-electron chi connectivity index (χ0n) is 14.7. The van der Waals surface area contributed by atoms with Gasteiger partial charge >= 0.3 is 0 Å². The van der Waals surface area contributed by atoms with E-state index in [1.165, 1.54) is 6.20 Å². The lowest BCUT2D eigenvalue weighted by molar-refractivity contribution is 0.414. The first-order valence-electron chi connectivity index (χ1n) is 8.27. The molecule has 2 aromatic carbocycles. The van der Waals surface area contributed by atoms with Gasteiger partial charge in [-0.15, -0.1) is 0 Å². The Balaban J connectivity index is 1.72. The third-order valence-corrected chi connectivity index (χ3v) is 5.40. The molecule has 0 unspecified atom stereocenters. The van der Waals surface area contributed by atoms with Crippen LogP contribution in [0.1, 0.15) is 18.1 Å². The largest absolute Gasteiger partial charge is 0.497 e. The van der Waals surface area contributed by atoms with Gasteiger partial charge in [0.1, 0.15) is 5.75 Å². The van der Waals surface area contributed by atoms with Crippen LogP contribution in [0.5, 0.6) is 5.75 Å². The van der Waals surface area contributed by atoms with Gasteiger partial charge in [0.2, 0.25) is 0 Å². The Morgan fingerprint density at radius 1 is 1.12 bits per heavy atom. The van der Waals surface area contributed by atoms with Crippen molar-refractivity contribution in [2.45, 2.75) is 24.8 Å². The fourth-order valence-electron chi connectivity index (χ4n) is 2.58. The summed E-state index contributed by atoms with van der Waals surface area (Å²) in [6, 6.07) is 14.5. The average molecular weight is 371 g/mol. The smallest absolute Gasteiger partial charge is 0.261 e. The van der Waals surface area contributed by atoms with Crippen LogP contribution < -0.4 is 9.46 Å². The first kappa shape index (κ1) is 18.0. The second-order valence-electron chi connectivity index (χ2n) is 5.88. The number of methoxy groups -OCH3 is 1. The van der Waals surface area contributed by atoms with Crippen molar-refractivity contribution < 1.29 is 13.2 Å². The monoisotopic (exact) mass is 371 g/mol. The molecule has 1 N–H and O–H groups in total. The Labute approximate surface area is 153 Å². The fourth-order valence-corrected chi connectivity index (χ4v) is 3.61. The Morgan fingerprint density at radius 3 is 2.58 bits per heavy atom. The van der Waals surface area contributed by atoms with Gasteiger partial charge in [-0.05, 0) is 41.8 Å². The molecule has 3 rings (SSSR count). The summed E-state index contributed by atoms with van der Waals surface area (Å²) in [4.78, 5) is 0.232. The number of anilines is 1. The second kappa shape index (κ2) is 7.61. The zero-order valence-corrected chi connectivity index (χ0v) is 15.5. The highest BCUT2D eigenvalue weighted by molar-refractivity contribution is 7.92. The number of hydrogen-bond donors (Lipinski definition) is 1. The normalized spacial score (nSPS) is 11.3. The van der Waals surface area contributed by atoms with Crippen LogP contribution in [-0.2, 0) is 23.0 Å². The summed E-state index contributed by atoms with van der Waals surface area (Å²) in [5.41, 5.74) is 2.53. The molecule has 0 amide bonds. The number of ether oxygens (including phenoxy) is 1. The van der Waals surface area contributed by atoms with Gasteiger partial charge in [0.25, 0.3) is 10.0 Å². The van der Waals surface area contributed by atoms with Crippen molar-refractivity contribution >= 4 is 15.7 Å². The number of aromatic nitrogens is 2. The number of rotatable bonds is 7. The van der Waals surface area contributed by atoms with Gasteiger partial charge in [0, 0.05) is 6.20 Å². The summed E-state index contributed by atoms with van der Waals surface area (Å²) in [6.45, 7) is 2.54. The molecular weight excluding hydrogens is 350 g/mol.